The van der Waals surface area contributed by atoms with Crippen LogP contribution in [0.25, 0.3) is 11.1 Å². The number of aromatic nitrogens is 2. The number of carbonyl (C=O) groups is 1. The third-order valence-corrected chi connectivity index (χ3v) is 4.37. The number of carbonyl (C=O) groups excluding carboxylic acids is 1. The summed E-state index contributed by atoms with van der Waals surface area (Å²) in [4.78, 5) is 24.3. The van der Waals surface area contributed by atoms with E-state index in [1.165, 1.54) is 6.33 Å². The van der Waals surface area contributed by atoms with Crippen LogP contribution >= 0.6 is 0 Å². The summed E-state index contributed by atoms with van der Waals surface area (Å²) in [5.74, 6) is 0. The molecule has 0 radical (unpaired) electrons. The zero-order chi connectivity index (χ0) is 17.5. The van der Waals surface area contributed by atoms with Crippen LogP contribution in [0, 0.1) is 0 Å². The fourth-order valence-corrected chi connectivity index (χ4v) is 2.87. The van der Waals surface area contributed by atoms with Crippen LogP contribution in [0.3, 0.4) is 0 Å². The molecule has 3 rings (SSSR count). The Morgan fingerprint density at radius 2 is 1.88 bits per heavy atom. The Bertz CT molecular complexity index is 685. The molecule has 2 aromatic rings. The molecule has 0 aliphatic carbocycles. The van der Waals surface area contributed by atoms with Gasteiger partial charge < -0.3 is 14.5 Å². The maximum atomic E-state index is 12.0. The van der Waals surface area contributed by atoms with Crippen LogP contribution < -0.4 is 4.90 Å². The van der Waals surface area contributed by atoms with Gasteiger partial charge in [0.15, 0.2) is 0 Å². The number of piperazine rings is 1. The van der Waals surface area contributed by atoms with Crippen LogP contribution in [0.5, 0.6) is 0 Å². The van der Waals surface area contributed by atoms with Crippen molar-refractivity contribution in [3.8, 4) is 11.1 Å². The standard InChI is InChI=1S/C19H24N4O2/c1-2-3-11-25-19(24)23-9-7-22(8-10-23)18-6-4-5-16(12-18)17-13-20-15-21-14-17/h4-6,12-15H,2-3,7-11H2,1H3. The van der Waals surface area contributed by atoms with Crippen molar-refractivity contribution >= 4 is 11.8 Å². The number of ether oxygens (including phenoxy) is 1. The summed E-state index contributed by atoms with van der Waals surface area (Å²) in [7, 11) is 0. The molecule has 0 saturated carbocycles. The number of benzene rings is 1. The molecule has 0 bridgehead atoms. The zero-order valence-corrected chi connectivity index (χ0v) is 14.6. The molecule has 1 amide bonds. The highest BCUT2D eigenvalue weighted by molar-refractivity contribution is 5.69. The van der Waals surface area contributed by atoms with E-state index in [9.17, 15) is 4.79 Å². The molecule has 0 unspecified atom stereocenters. The third kappa shape index (κ3) is 4.47. The monoisotopic (exact) mass is 340 g/mol. The van der Waals surface area contributed by atoms with Gasteiger partial charge in [0.2, 0.25) is 0 Å². The van der Waals surface area contributed by atoms with Crippen LogP contribution in [-0.2, 0) is 4.74 Å². The molecule has 25 heavy (non-hydrogen) atoms. The second-order valence-electron chi connectivity index (χ2n) is 6.12. The van der Waals surface area contributed by atoms with E-state index < -0.39 is 0 Å². The van der Waals surface area contributed by atoms with Crippen molar-refractivity contribution in [3.63, 3.8) is 0 Å². The van der Waals surface area contributed by atoms with Crippen molar-refractivity contribution in [1.29, 1.82) is 0 Å². The Balaban J connectivity index is 1.59. The molecule has 1 aliphatic rings. The highest BCUT2D eigenvalue weighted by Crippen LogP contribution is 2.24. The summed E-state index contributed by atoms with van der Waals surface area (Å²) in [5.41, 5.74) is 3.25. The van der Waals surface area contributed by atoms with Gasteiger partial charge in [-0.3, -0.25) is 0 Å². The number of amides is 1. The minimum atomic E-state index is -0.191. The fourth-order valence-electron chi connectivity index (χ4n) is 2.87. The van der Waals surface area contributed by atoms with Crippen LogP contribution in [-0.4, -0.2) is 53.7 Å². The smallest absolute Gasteiger partial charge is 0.409 e. The summed E-state index contributed by atoms with van der Waals surface area (Å²) in [5, 5.41) is 0. The van der Waals surface area contributed by atoms with E-state index in [-0.39, 0.29) is 6.09 Å². The van der Waals surface area contributed by atoms with Gasteiger partial charge in [-0.2, -0.15) is 0 Å². The zero-order valence-electron chi connectivity index (χ0n) is 14.6. The molecule has 0 N–H and O–H groups in total. The lowest BCUT2D eigenvalue weighted by atomic mass is 10.1. The maximum absolute atomic E-state index is 12.0. The molecule has 1 fully saturated rings. The molecule has 2 heterocycles. The van der Waals surface area contributed by atoms with Gasteiger partial charge in [-0.05, 0) is 24.1 Å². The van der Waals surface area contributed by atoms with Gasteiger partial charge in [0.1, 0.15) is 6.33 Å². The molecular weight excluding hydrogens is 316 g/mol. The van der Waals surface area contributed by atoms with Gasteiger partial charge in [0, 0.05) is 49.8 Å². The Hall–Kier alpha value is -2.63. The molecular formula is C19H24N4O2. The lowest BCUT2D eigenvalue weighted by Gasteiger charge is -2.35. The summed E-state index contributed by atoms with van der Waals surface area (Å²) in [6.07, 6.45) is 6.92. The minimum Gasteiger partial charge on any atom is -0.449 e. The van der Waals surface area contributed by atoms with E-state index in [2.05, 4.69) is 40.0 Å². The fraction of sp³-hybridized carbons (Fsp3) is 0.421. The lowest BCUT2D eigenvalue weighted by Crippen LogP contribution is -2.49. The predicted octanol–water partition coefficient (Wildman–Crippen LogP) is 3.20. The second-order valence-corrected chi connectivity index (χ2v) is 6.12. The molecule has 132 valence electrons. The van der Waals surface area contributed by atoms with Gasteiger partial charge in [-0.15, -0.1) is 0 Å². The number of nitrogens with zero attached hydrogens (tertiary/aromatic N) is 4. The van der Waals surface area contributed by atoms with Crippen molar-refractivity contribution in [3.05, 3.63) is 43.0 Å². The number of hydrogen-bond acceptors (Lipinski definition) is 5. The van der Waals surface area contributed by atoms with Crippen molar-refractivity contribution < 1.29 is 9.53 Å². The summed E-state index contributed by atoms with van der Waals surface area (Å²) in [6.45, 7) is 5.57. The average Bonchev–Trinajstić information content (AvgIpc) is 2.69. The minimum absolute atomic E-state index is 0.191. The predicted molar refractivity (Wildman–Crippen MR) is 97.5 cm³/mol. The van der Waals surface area contributed by atoms with E-state index in [4.69, 9.17) is 4.74 Å². The Morgan fingerprint density at radius 1 is 1.12 bits per heavy atom. The highest BCUT2D eigenvalue weighted by atomic mass is 16.6. The van der Waals surface area contributed by atoms with E-state index >= 15 is 0 Å². The topological polar surface area (TPSA) is 58.6 Å². The molecule has 1 aromatic carbocycles. The van der Waals surface area contributed by atoms with Gasteiger partial charge in [-0.1, -0.05) is 25.5 Å². The SMILES string of the molecule is CCCCOC(=O)N1CCN(c2cccc(-c3cncnc3)c2)CC1. The molecule has 1 aliphatic heterocycles. The Kier molecular flexibility index (Phi) is 5.82. The first-order chi connectivity index (χ1) is 12.3. The number of anilines is 1. The second kappa shape index (κ2) is 8.46. The van der Waals surface area contributed by atoms with Gasteiger partial charge in [0.05, 0.1) is 6.61 Å². The summed E-state index contributed by atoms with van der Waals surface area (Å²) >= 11 is 0. The van der Waals surface area contributed by atoms with Gasteiger partial charge in [0.25, 0.3) is 0 Å². The molecule has 1 aromatic heterocycles. The Morgan fingerprint density at radius 3 is 2.60 bits per heavy atom. The van der Waals surface area contributed by atoms with Crippen LogP contribution in [0.2, 0.25) is 0 Å². The quantitative estimate of drug-likeness (QED) is 0.782. The van der Waals surface area contributed by atoms with Gasteiger partial charge >= 0.3 is 6.09 Å². The molecule has 0 atom stereocenters. The lowest BCUT2D eigenvalue weighted by molar-refractivity contribution is 0.0989. The summed E-state index contributed by atoms with van der Waals surface area (Å²) < 4.78 is 5.29. The van der Waals surface area contributed by atoms with Crippen molar-refractivity contribution in [1.82, 2.24) is 14.9 Å². The molecule has 0 spiro atoms. The molecule has 6 nitrogen and oxygen atoms in total. The molecule has 6 heteroatoms. The van der Waals surface area contributed by atoms with E-state index in [1.807, 2.05) is 18.5 Å². The van der Waals surface area contributed by atoms with E-state index in [0.29, 0.717) is 19.7 Å². The number of rotatable bonds is 5. The van der Waals surface area contributed by atoms with Gasteiger partial charge in [-0.25, -0.2) is 14.8 Å². The van der Waals surface area contributed by atoms with E-state index in [1.54, 1.807) is 4.90 Å². The first-order valence-corrected chi connectivity index (χ1v) is 8.80. The van der Waals surface area contributed by atoms with E-state index in [0.717, 1.165) is 42.7 Å². The molecule has 1 saturated heterocycles. The van der Waals surface area contributed by atoms with Crippen LogP contribution in [0.4, 0.5) is 10.5 Å². The first-order valence-electron chi connectivity index (χ1n) is 8.80. The average molecular weight is 340 g/mol. The van der Waals surface area contributed by atoms with Crippen molar-refractivity contribution in [2.45, 2.75) is 19.8 Å². The Labute approximate surface area is 148 Å². The van der Waals surface area contributed by atoms with Crippen molar-refractivity contribution in [2.24, 2.45) is 0 Å². The number of unbranched alkanes of at least 4 members (excludes halogenated alkanes) is 1. The third-order valence-electron chi connectivity index (χ3n) is 4.37. The summed E-state index contributed by atoms with van der Waals surface area (Å²) in [6, 6.07) is 8.35. The van der Waals surface area contributed by atoms with Crippen LogP contribution in [0.1, 0.15) is 19.8 Å². The van der Waals surface area contributed by atoms with Crippen molar-refractivity contribution in [2.75, 3.05) is 37.7 Å². The van der Waals surface area contributed by atoms with Crippen LogP contribution in [0.15, 0.2) is 43.0 Å². The highest BCUT2D eigenvalue weighted by Gasteiger charge is 2.22. The number of hydrogen-bond donors (Lipinski definition) is 0. The largest absolute Gasteiger partial charge is 0.449 e. The first kappa shape index (κ1) is 17.2. The maximum Gasteiger partial charge on any atom is 0.409 e. The normalized spacial score (nSPS) is 14.4.